The van der Waals surface area contributed by atoms with Gasteiger partial charge in [0.1, 0.15) is 12.6 Å². The van der Waals surface area contributed by atoms with Crippen molar-refractivity contribution < 1.29 is 19.1 Å². The molecular weight excluding hydrogens is 574 g/mol. The Morgan fingerprint density at radius 3 is 2.09 bits per heavy atom. The first kappa shape index (κ1) is 30.6. The maximum Gasteiger partial charge on any atom is 0.338 e. The largest absolute Gasteiger partial charge is 0.468 e. The highest BCUT2D eigenvalue weighted by molar-refractivity contribution is 6.30. The van der Waals surface area contributed by atoms with Crippen molar-refractivity contribution in [2.45, 2.75) is 31.9 Å². The molecule has 1 aliphatic heterocycles. The molecule has 44 heavy (non-hydrogen) atoms. The van der Waals surface area contributed by atoms with Crippen LogP contribution in [0.15, 0.2) is 132 Å². The van der Waals surface area contributed by atoms with E-state index in [4.69, 9.17) is 21.1 Å². The van der Waals surface area contributed by atoms with E-state index in [1.54, 1.807) is 25.1 Å². The normalized spacial score (nSPS) is 14.7. The fourth-order valence-corrected chi connectivity index (χ4v) is 5.60. The minimum atomic E-state index is -0.886. The fraction of sp³-hybridized carbons (Fsp3) is 0.194. The smallest absolute Gasteiger partial charge is 0.338 e. The van der Waals surface area contributed by atoms with Gasteiger partial charge < -0.3 is 14.8 Å². The summed E-state index contributed by atoms with van der Waals surface area (Å²) in [6.07, 6.45) is 0.649. The SMILES string of the molecule is COC1=NC(C)=C(C(=O)OCc2ccccc2)C(c2cccc(Cl)c2)N1C(=O)NCCC(c1ccccc1)c1ccccc1. The molecule has 0 radical (unpaired) electrons. The first-order chi connectivity index (χ1) is 21.5. The number of rotatable bonds is 9. The second kappa shape index (κ2) is 14.5. The number of nitrogens with zero attached hydrogens (tertiary/aromatic N) is 2. The minimum Gasteiger partial charge on any atom is -0.468 e. The topological polar surface area (TPSA) is 80.2 Å². The maximum atomic E-state index is 14.0. The van der Waals surface area contributed by atoms with Crippen LogP contribution in [0.5, 0.6) is 0 Å². The van der Waals surface area contributed by atoms with Crippen LogP contribution in [0.25, 0.3) is 0 Å². The molecule has 8 heteroatoms. The number of urea groups is 1. The van der Waals surface area contributed by atoms with E-state index in [0.717, 1.165) is 16.7 Å². The predicted octanol–water partition coefficient (Wildman–Crippen LogP) is 7.65. The summed E-state index contributed by atoms with van der Waals surface area (Å²) in [5.41, 5.74) is 4.39. The number of ether oxygens (including phenoxy) is 2. The first-order valence-electron chi connectivity index (χ1n) is 14.4. The second-order valence-corrected chi connectivity index (χ2v) is 10.8. The lowest BCUT2D eigenvalue weighted by Crippen LogP contribution is -2.50. The molecule has 1 N–H and O–H groups in total. The Bertz CT molecular complexity index is 1600. The van der Waals surface area contributed by atoms with Crippen LogP contribution in [0.3, 0.4) is 0 Å². The van der Waals surface area contributed by atoms with Crippen LogP contribution in [-0.2, 0) is 20.9 Å². The van der Waals surface area contributed by atoms with Gasteiger partial charge in [-0.1, -0.05) is 115 Å². The number of carbonyl (C=O) groups is 2. The average Bonchev–Trinajstić information content (AvgIpc) is 3.06. The number of hydrogen-bond acceptors (Lipinski definition) is 5. The second-order valence-electron chi connectivity index (χ2n) is 10.4. The van der Waals surface area contributed by atoms with E-state index in [2.05, 4.69) is 34.6 Å². The summed E-state index contributed by atoms with van der Waals surface area (Å²) < 4.78 is 11.3. The Kier molecular flexibility index (Phi) is 10.1. The summed E-state index contributed by atoms with van der Waals surface area (Å²) in [6.45, 7) is 2.14. The summed E-state index contributed by atoms with van der Waals surface area (Å²) in [4.78, 5) is 33.5. The molecule has 0 saturated heterocycles. The molecule has 1 heterocycles. The van der Waals surface area contributed by atoms with Crippen LogP contribution in [-0.4, -0.2) is 36.6 Å². The van der Waals surface area contributed by atoms with E-state index >= 15 is 0 Å². The molecule has 4 aromatic rings. The highest BCUT2D eigenvalue weighted by Crippen LogP contribution is 2.37. The van der Waals surface area contributed by atoms with Crippen molar-refractivity contribution >= 4 is 29.6 Å². The van der Waals surface area contributed by atoms with Crippen LogP contribution in [0.2, 0.25) is 5.02 Å². The molecule has 0 saturated carbocycles. The van der Waals surface area contributed by atoms with Crippen molar-refractivity contribution in [1.29, 1.82) is 0 Å². The number of methoxy groups -OCH3 is 1. The fourth-order valence-electron chi connectivity index (χ4n) is 5.40. The summed E-state index contributed by atoms with van der Waals surface area (Å²) in [6, 6.07) is 35.6. The molecule has 0 spiro atoms. The van der Waals surface area contributed by atoms with E-state index in [9.17, 15) is 9.59 Å². The summed E-state index contributed by atoms with van der Waals surface area (Å²) in [5.74, 6) is -0.509. The number of amidine groups is 1. The lowest BCUT2D eigenvalue weighted by atomic mass is 9.88. The molecule has 2 amide bonds. The monoisotopic (exact) mass is 607 g/mol. The molecule has 0 fully saturated rings. The minimum absolute atomic E-state index is 0.0623. The van der Waals surface area contributed by atoms with Gasteiger partial charge in [0.15, 0.2) is 0 Å². The quantitative estimate of drug-likeness (QED) is 0.198. The van der Waals surface area contributed by atoms with E-state index in [-0.39, 0.29) is 24.1 Å². The van der Waals surface area contributed by atoms with Crippen molar-refractivity contribution in [3.63, 3.8) is 0 Å². The molecule has 7 nitrogen and oxygen atoms in total. The zero-order valence-electron chi connectivity index (χ0n) is 24.7. The average molecular weight is 608 g/mol. The van der Waals surface area contributed by atoms with Gasteiger partial charge in [0.05, 0.1) is 18.4 Å². The van der Waals surface area contributed by atoms with Crippen molar-refractivity contribution in [2.75, 3.05) is 13.7 Å². The zero-order chi connectivity index (χ0) is 30.9. The van der Waals surface area contributed by atoms with Crippen molar-refractivity contribution in [2.24, 2.45) is 4.99 Å². The van der Waals surface area contributed by atoms with E-state index in [0.29, 0.717) is 29.2 Å². The Morgan fingerprint density at radius 2 is 1.50 bits per heavy atom. The third-order valence-electron chi connectivity index (χ3n) is 7.50. The van der Waals surface area contributed by atoms with Crippen LogP contribution in [0.4, 0.5) is 4.79 Å². The predicted molar refractivity (Wildman–Crippen MR) is 172 cm³/mol. The lowest BCUT2D eigenvalue weighted by molar-refractivity contribution is -0.141. The highest BCUT2D eigenvalue weighted by atomic mass is 35.5. The standard InChI is InChI=1S/C36H34ClN3O4/c1-25-32(34(41)44-24-26-13-6-3-7-14-26)33(29-19-12-20-30(37)23-29)40(36(39-25)43-2)35(42)38-22-21-31(27-15-8-4-9-16-27)28-17-10-5-11-18-28/h3-20,23,31,33H,21-22,24H2,1-2H3,(H,38,42). The number of esters is 1. The Hall–Kier alpha value is -4.88. The van der Waals surface area contributed by atoms with Gasteiger partial charge in [-0.25, -0.2) is 19.5 Å². The van der Waals surface area contributed by atoms with E-state index < -0.39 is 18.0 Å². The van der Waals surface area contributed by atoms with Crippen LogP contribution >= 0.6 is 11.6 Å². The molecule has 1 atom stereocenters. The molecule has 0 aromatic heterocycles. The summed E-state index contributed by atoms with van der Waals surface area (Å²) in [7, 11) is 1.45. The first-order valence-corrected chi connectivity index (χ1v) is 14.8. The number of benzene rings is 4. The van der Waals surface area contributed by atoms with Gasteiger partial charge in [-0.05, 0) is 47.7 Å². The van der Waals surface area contributed by atoms with Crippen LogP contribution in [0.1, 0.15) is 47.6 Å². The number of halogens is 1. The molecule has 5 rings (SSSR count). The number of aliphatic imine (C=N–C) groups is 1. The van der Waals surface area contributed by atoms with Gasteiger partial charge in [0.25, 0.3) is 0 Å². The van der Waals surface area contributed by atoms with Crippen molar-refractivity contribution in [1.82, 2.24) is 10.2 Å². The summed E-state index contributed by atoms with van der Waals surface area (Å²) >= 11 is 6.39. The molecule has 1 aliphatic rings. The van der Waals surface area contributed by atoms with Gasteiger partial charge in [0, 0.05) is 17.5 Å². The van der Waals surface area contributed by atoms with Crippen molar-refractivity contribution in [3.05, 3.63) is 154 Å². The molecule has 0 aliphatic carbocycles. The number of carbonyl (C=O) groups excluding carboxylic acids is 2. The Balaban J connectivity index is 1.42. The van der Waals surface area contributed by atoms with Gasteiger partial charge in [0.2, 0.25) is 0 Å². The third-order valence-corrected chi connectivity index (χ3v) is 7.74. The van der Waals surface area contributed by atoms with Crippen molar-refractivity contribution in [3.8, 4) is 0 Å². The molecule has 0 bridgehead atoms. The Labute approximate surface area is 262 Å². The molecular formula is C36H34ClN3O4. The van der Waals surface area contributed by atoms with Crippen LogP contribution in [0, 0.1) is 0 Å². The van der Waals surface area contributed by atoms with Crippen LogP contribution < -0.4 is 5.32 Å². The molecule has 4 aromatic carbocycles. The summed E-state index contributed by atoms with van der Waals surface area (Å²) in [5, 5.41) is 3.52. The van der Waals surface area contributed by atoms with E-state index in [1.165, 1.54) is 12.0 Å². The molecule has 1 unspecified atom stereocenters. The van der Waals surface area contributed by atoms with Gasteiger partial charge in [-0.3, -0.25) is 0 Å². The Morgan fingerprint density at radius 1 is 0.886 bits per heavy atom. The number of amides is 2. The maximum absolute atomic E-state index is 14.0. The third kappa shape index (κ3) is 7.18. The van der Waals surface area contributed by atoms with Gasteiger partial charge in [-0.2, -0.15) is 0 Å². The van der Waals surface area contributed by atoms with Gasteiger partial charge in [-0.15, -0.1) is 0 Å². The number of nitrogens with one attached hydrogen (secondary N) is 1. The number of allylic oxidation sites excluding steroid dienone is 1. The number of hydrogen-bond donors (Lipinski definition) is 1. The lowest BCUT2D eigenvalue weighted by Gasteiger charge is -2.36. The van der Waals surface area contributed by atoms with Gasteiger partial charge >= 0.3 is 18.0 Å². The highest BCUT2D eigenvalue weighted by Gasteiger charge is 2.41. The zero-order valence-corrected chi connectivity index (χ0v) is 25.4. The van der Waals surface area contributed by atoms with E-state index in [1.807, 2.05) is 72.8 Å². The molecule has 224 valence electrons.